The molecule has 0 aromatic carbocycles. The molecule has 1 rings (SSSR count). The quantitative estimate of drug-likeness (QED) is 0.653. The van der Waals surface area contributed by atoms with Crippen molar-refractivity contribution in [2.45, 2.75) is 50.3 Å². The molecule has 0 aliphatic heterocycles. The zero-order valence-corrected chi connectivity index (χ0v) is 13.4. The Hall–Kier alpha value is -0.430. The highest BCUT2D eigenvalue weighted by atomic mass is 32.2. The van der Waals surface area contributed by atoms with E-state index in [0.29, 0.717) is 10.8 Å². The molecule has 0 aliphatic rings. The van der Waals surface area contributed by atoms with E-state index >= 15 is 0 Å². The van der Waals surface area contributed by atoms with Crippen LogP contribution in [0.15, 0.2) is 16.3 Å². The fraction of sp³-hybridized carbons (Fsp3) is 0.692. The van der Waals surface area contributed by atoms with E-state index in [4.69, 9.17) is 0 Å². The van der Waals surface area contributed by atoms with Gasteiger partial charge in [-0.25, -0.2) is 13.1 Å². The number of sulfonamides is 1. The summed E-state index contributed by atoms with van der Waals surface area (Å²) >= 11 is 1.34. The summed E-state index contributed by atoms with van der Waals surface area (Å²) in [7, 11) is -3.31. The van der Waals surface area contributed by atoms with Crippen LogP contribution in [0.3, 0.4) is 0 Å². The lowest BCUT2D eigenvalue weighted by atomic mass is 10.3. The van der Waals surface area contributed by atoms with Crippen LogP contribution in [0.25, 0.3) is 0 Å². The average Bonchev–Trinajstić information content (AvgIpc) is 2.85. The van der Waals surface area contributed by atoms with Gasteiger partial charge in [0, 0.05) is 18.0 Å². The SMILES string of the molecule is CCCCCNS(=O)(=O)c1ccc(CNCCC)s1. The van der Waals surface area contributed by atoms with Gasteiger partial charge in [0.05, 0.1) is 0 Å². The number of thiophene rings is 1. The molecule has 0 bridgehead atoms. The zero-order chi connectivity index (χ0) is 14.1. The molecule has 0 amide bonds. The summed E-state index contributed by atoms with van der Waals surface area (Å²) in [4.78, 5) is 1.06. The van der Waals surface area contributed by atoms with Gasteiger partial charge >= 0.3 is 0 Å². The van der Waals surface area contributed by atoms with Crippen LogP contribution < -0.4 is 10.0 Å². The predicted octanol–water partition coefficient (Wildman–Crippen LogP) is 2.72. The van der Waals surface area contributed by atoms with Crippen molar-refractivity contribution >= 4 is 21.4 Å². The highest BCUT2D eigenvalue weighted by Crippen LogP contribution is 2.21. The molecule has 0 atom stereocenters. The molecule has 110 valence electrons. The summed E-state index contributed by atoms with van der Waals surface area (Å²) < 4.78 is 27.1. The molecule has 1 aromatic heterocycles. The van der Waals surface area contributed by atoms with E-state index in [1.54, 1.807) is 6.07 Å². The van der Waals surface area contributed by atoms with E-state index in [1.807, 2.05) is 6.07 Å². The maximum Gasteiger partial charge on any atom is 0.250 e. The monoisotopic (exact) mass is 304 g/mol. The number of nitrogens with one attached hydrogen (secondary N) is 2. The van der Waals surface area contributed by atoms with Crippen molar-refractivity contribution < 1.29 is 8.42 Å². The number of hydrogen-bond donors (Lipinski definition) is 2. The number of unbranched alkanes of at least 4 members (excludes halogenated alkanes) is 2. The van der Waals surface area contributed by atoms with E-state index in [-0.39, 0.29) is 0 Å². The smallest absolute Gasteiger partial charge is 0.250 e. The molecular formula is C13H24N2O2S2. The van der Waals surface area contributed by atoms with E-state index in [0.717, 1.165) is 43.6 Å². The summed E-state index contributed by atoms with van der Waals surface area (Å²) in [6.07, 6.45) is 4.12. The van der Waals surface area contributed by atoms with Gasteiger partial charge in [0.1, 0.15) is 4.21 Å². The first-order chi connectivity index (χ1) is 9.10. The molecule has 0 spiro atoms. The van der Waals surface area contributed by atoms with Crippen LogP contribution in [0, 0.1) is 0 Å². The first kappa shape index (κ1) is 16.6. The zero-order valence-electron chi connectivity index (χ0n) is 11.7. The Kier molecular flexibility index (Phi) is 7.60. The summed E-state index contributed by atoms with van der Waals surface area (Å²) in [5, 5.41) is 3.27. The van der Waals surface area contributed by atoms with Crippen LogP contribution in [0.4, 0.5) is 0 Å². The van der Waals surface area contributed by atoms with Crippen molar-refractivity contribution in [1.29, 1.82) is 0 Å². The Morgan fingerprint density at radius 2 is 1.89 bits per heavy atom. The van der Waals surface area contributed by atoms with Gasteiger partial charge < -0.3 is 5.32 Å². The molecular weight excluding hydrogens is 280 g/mol. The molecule has 0 saturated heterocycles. The van der Waals surface area contributed by atoms with Gasteiger partial charge in [0.25, 0.3) is 0 Å². The van der Waals surface area contributed by atoms with Crippen molar-refractivity contribution in [2.24, 2.45) is 0 Å². The molecule has 0 saturated carbocycles. The summed E-state index contributed by atoms with van der Waals surface area (Å²) in [5.41, 5.74) is 0. The molecule has 4 nitrogen and oxygen atoms in total. The van der Waals surface area contributed by atoms with Crippen LogP contribution in [-0.2, 0) is 16.6 Å². The fourth-order valence-corrected chi connectivity index (χ4v) is 4.08. The molecule has 0 unspecified atom stereocenters. The maximum atomic E-state index is 12.0. The molecule has 2 N–H and O–H groups in total. The average molecular weight is 304 g/mol. The minimum atomic E-state index is -3.31. The van der Waals surface area contributed by atoms with Crippen LogP contribution in [0.2, 0.25) is 0 Å². The second kappa shape index (κ2) is 8.68. The molecule has 0 fully saturated rings. The van der Waals surface area contributed by atoms with Gasteiger partial charge in [0.15, 0.2) is 0 Å². The second-order valence-electron chi connectivity index (χ2n) is 4.50. The summed E-state index contributed by atoms with van der Waals surface area (Å²) in [6.45, 7) is 6.43. The summed E-state index contributed by atoms with van der Waals surface area (Å²) in [6, 6.07) is 3.57. The maximum absolute atomic E-state index is 12.0. The van der Waals surface area contributed by atoms with Crippen molar-refractivity contribution in [1.82, 2.24) is 10.0 Å². The van der Waals surface area contributed by atoms with Gasteiger partial charge in [-0.15, -0.1) is 11.3 Å². The van der Waals surface area contributed by atoms with Crippen LogP contribution in [-0.4, -0.2) is 21.5 Å². The fourth-order valence-electron chi connectivity index (χ4n) is 1.64. The van der Waals surface area contributed by atoms with Crippen LogP contribution >= 0.6 is 11.3 Å². The highest BCUT2D eigenvalue weighted by molar-refractivity contribution is 7.91. The molecule has 19 heavy (non-hydrogen) atoms. The minimum Gasteiger partial charge on any atom is -0.312 e. The first-order valence-electron chi connectivity index (χ1n) is 6.89. The van der Waals surface area contributed by atoms with Crippen LogP contribution in [0.5, 0.6) is 0 Å². The predicted molar refractivity (Wildman–Crippen MR) is 81.0 cm³/mol. The third kappa shape index (κ3) is 6.03. The van der Waals surface area contributed by atoms with E-state index in [1.165, 1.54) is 11.3 Å². The van der Waals surface area contributed by atoms with E-state index < -0.39 is 10.0 Å². The standard InChI is InChI=1S/C13H24N2O2S2/c1-3-5-6-10-15-19(16,17)13-8-7-12(18-13)11-14-9-4-2/h7-8,14-15H,3-6,9-11H2,1-2H3. The van der Waals surface area contributed by atoms with E-state index in [2.05, 4.69) is 23.9 Å². The van der Waals surface area contributed by atoms with Gasteiger partial charge in [0.2, 0.25) is 10.0 Å². The van der Waals surface area contributed by atoms with Gasteiger partial charge in [-0.3, -0.25) is 0 Å². The Balaban J connectivity index is 2.49. The molecule has 0 radical (unpaired) electrons. The Bertz CT molecular complexity index is 455. The normalized spacial score (nSPS) is 11.9. The molecule has 1 heterocycles. The van der Waals surface area contributed by atoms with Gasteiger partial charge in [-0.1, -0.05) is 26.7 Å². The number of rotatable bonds is 10. The van der Waals surface area contributed by atoms with Crippen LogP contribution in [0.1, 0.15) is 44.4 Å². The van der Waals surface area contributed by atoms with E-state index in [9.17, 15) is 8.42 Å². The van der Waals surface area contributed by atoms with Crippen molar-refractivity contribution in [3.8, 4) is 0 Å². The molecule has 6 heteroatoms. The number of hydrogen-bond acceptors (Lipinski definition) is 4. The third-order valence-electron chi connectivity index (χ3n) is 2.70. The lowest BCUT2D eigenvalue weighted by Gasteiger charge is -2.03. The Labute approximate surface area is 120 Å². The van der Waals surface area contributed by atoms with Crippen molar-refractivity contribution in [3.63, 3.8) is 0 Å². The highest BCUT2D eigenvalue weighted by Gasteiger charge is 2.15. The largest absolute Gasteiger partial charge is 0.312 e. The molecule has 0 aliphatic carbocycles. The lowest BCUT2D eigenvalue weighted by molar-refractivity contribution is 0.578. The van der Waals surface area contributed by atoms with Gasteiger partial charge in [-0.05, 0) is 31.5 Å². The second-order valence-corrected chi connectivity index (χ2v) is 7.66. The lowest BCUT2D eigenvalue weighted by Crippen LogP contribution is -2.23. The Morgan fingerprint density at radius 1 is 1.11 bits per heavy atom. The summed E-state index contributed by atoms with van der Waals surface area (Å²) in [5.74, 6) is 0. The molecule has 1 aromatic rings. The topological polar surface area (TPSA) is 58.2 Å². The third-order valence-corrected chi connectivity index (χ3v) is 5.74. The van der Waals surface area contributed by atoms with Crippen molar-refractivity contribution in [2.75, 3.05) is 13.1 Å². The van der Waals surface area contributed by atoms with Crippen molar-refractivity contribution in [3.05, 3.63) is 17.0 Å². The first-order valence-corrected chi connectivity index (χ1v) is 9.19. The van der Waals surface area contributed by atoms with Gasteiger partial charge in [-0.2, -0.15) is 0 Å². The Morgan fingerprint density at radius 3 is 2.58 bits per heavy atom. The minimum absolute atomic E-state index is 0.414.